The Morgan fingerprint density at radius 1 is 0.917 bits per heavy atom. The van der Waals surface area contributed by atoms with Gasteiger partial charge in [-0.05, 0) is 70.6 Å². The van der Waals surface area contributed by atoms with Crippen molar-refractivity contribution >= 4 is 0 Å². The molecule has 0 heterocycles. The second-order valence-corrected chi connectivity index (χ2v) is 6.40. The number of rotatable bonds is 9. The highest BCUT2D eigenvalue weighted by atomic mass is 16.5. The van der Waals surface area contributed by atoms with E-state index in [0.29, 0.717) is 13.2 Å². The van der Waals surface area contributed by atoms with Crippen molar-refractivity contribution in [3.63, 3.8) is 0 Å². The lowest BCUT2D eigenvalue weighted by Gasteiger charge is -2.14. The van der Waals surface area contributed by atoms with Crippen LogP contribution < -0.4 is 9.47 Å². The molecule has 0 aliphatic rings. The Hall–Kier alpha value is -2.00. The Balaban J connectivity index is 2.02. The summed E-state index contributed by atoms with van der Waals surface area (Å²) in [4.78, 5) is 2.21. The summed E-state index contributed by atoms with van der Waals surface area (Å²) in [6, 6.07) is 14.7. The highest BCUT2D eigenvalue weighted by molar-refractivity contribution is 5.43. The molecule has 130 valence electrons. The summed E-state index contributed by atoms with van der Waals surface area (Å²) in [5.41, 5.74) is 3.72. The summed E-state index contributed by atoms with van der Waals surface area (Å²) in [5.74, 6) is 1.65. The van der Waals surface area contributed by atoms with Crippen LogP contribution in [0.5, 0.6) is 11.5 Å². The van der Waals surface area contributed by atoms with Gasteiger partial charge in [-0.2, -0.15) is 0 Å². The van der Waals surface area contributed by atoms with Crippen LogP contribution in [0.15, 0.2) is 42.5 Å². The first-order valence-corrected chi connectivity index (χ1v) is 8.67. The number of hydrogen-bond acceptors (Lipinski definition) is 3. The molecule has 0 saturated heterocycles. The van der Waals surface area contributed by atoms with Gasteiger partial charge in [0, 0.05) is 0 Å². The molecular formula is C21H29NO2. The monoisotopic (exact) mass is 327 g/mol. The van der Waals surface area contributed by atoms with E-state index in [0.717, 1.165) is 30.9 Å². The summed E-state index contributed by atoms with van der Waals surface area (Å²) in [5, 5.41) is 0. The fourth-order valence-corrected chi connectivity index (χ4v) is 2.66. The fourth-order valence-electron chi connectivity index (χ4n) is 2.66. The van der Waals surface area contributed by atoms with E-state index in [1.807, 2.05) is 13.0 Å². The van der Waals surface area contributed by atoms with E-state index in [-0.39, 0.29) is 0 Å². The SMILES string of the molecule is CCOc1cc(CCCN(C)C)ccc1OCc1cccc(C)c1. The summed E-state index contributed by atoms with van der Waals surface area (Å²) in [6.45, 7) is 6.39. The quantitative estimate of drug-likeness (QED) is 0.678. The van der Waals surface area contributed by atoms with Crippen LogP contribution in [-0.4, -0.2) is 32.1 Å². The highest BCUT2D eigenvalue weighted by Crippen LogP contribution is 2.29. The molecule has 24 heavy (non-hydrogen) atoms. The van der Waals surface area contributed by atoms with Gasteiger partial charge < -0.3 is 14.4 Å². The van der Waals surface area contributed by atoms with Crippen molar-refractivity contribution in [2.24, 2.45) is 0 Å². The van der Waals surface area contributed by atoms with E-state index in [4.69, 9.17) is 9.47 Å². The second-order valence-electron chi connectivity index (χ2n) is 6.40. The highest BCUT2D eigenvalue weighted by Gasteiger charge is 2.07. The fraction of sp³-hybridized carbons (Fsp3) is 0.429. The lowest BCUT2D eigenvalue weighted by atomic mass is 10.1. The van der Waals surface area contributed by atoms with Crippen LogP contribution in [0, 0.1) is 6.92 Å². The maximum Gasteiger partial charge on any atom is 0.161 e. The standard InChI is InChI=1S/C21H29NO2/c1-5-23-21-15-18(10-7-13-22(3)4)11-12-20(21)24-16-19-9-6-8-17(2)14-19/h6,8-9,11-12,14-15H,5,7,10,13,16H2,1-4H3. The molecule has 3 heteroatoms. The van der Waals surface area contributed by atoms with Gasteiger partial charge in [0.1, 0.15) is 6.61 Å². The third kappa shape index (κ3) is 5.89. The van der Waals surface area contributed by atoms with Gasteiger partial charge in [-0.1, -0.05) is 35.9 Å². The molecule has 0 radical (unpaired) electrons. The van der Waals surface area contributed by atoms with Crippen LogP contribution in [0.1, 0.15) is 30.0 Å². The average Bonchev–Trinajstić information content (AvgIpc) is 2.54. The maximum atomic E-state index is 6.00. The van der Waals surface area contributed by atoms with Gasteiger partial charge in [-0.25, -0.2) is 0 Å². The normalized spacial score (nSPS) is 10.9. The van der Waals surface area contributed by atoms with Crippen LogP contribution in [0.2, 0.25) is 0 Å². The van der Waals surface area contributed by atoms with Gasteiger partial charge in [-0.3, -0.25) is 0 Å². The van der Waals surface area contributed by atoms with E-state index >= 15 is 0 Å². The minimum atomic E-state index is 0.557. The molecule has 0 N–H and O–H groups in total. The molecule has 0 bridgehead atoms. The van der Waals surface area contributed by atoms with Gasteiger partial charge in [0.15, 0.2) is 11.5 Å². The smallest absolute Gasteiger partial charge is 0.161 e. The lowest BCUT2D eigenvalue weighted by Crippen LogP contribution is -2.13. The summed E-state index contributed by atoms with van der Waals surface area (Å²) >= 11 is 0. The first kappa shape index (κ1) is 18.3. The molecule has 0 aromatic heterocycles. The van der Waals surface area contributed by atoms with Crippen LogP contribution in [0.4, 0.5) is 0 Å². The van der Waals surface area contributed by atoms with Crippen molar-refractivity contribution < 1.29 is 9.47 Å². The molecule has 0 saturated carbocycles. The molecule has 0 aliphatic heterocycles. The molecule has 3 nitrogen and oxygen atoms in total. The van der Waals surface area contributed by atoms with Crippen LogP contribution in [-0.2, 0) is 13.0 Å². The van der Waals surface area contributed by atoms with Gasteiger partial charge in [0.05, 0.1) is 6.61 Å². The molecule has 0 unspecified atom stereocenters. The predicted octanol–water partition coefficient (Wildman–Crippen LogP) is 4.47. The molecule has 2 aromatic rings. The lowest BCUT2D eigenvalue weighted by molar-refractivity contribution is 0.269. The van der Waals surface area contributed by atoms with Crippen LogP contribution in [0.3, 0.4) is 0 Å². The number of aryl methyl sites for hydroxylation is 2. The van der Waals surface area contributed by atoms with Crippen molar-refractivity contribution in [1.29, 1.82) is 0 Å². The van der Waals surface area contributed by atoms with Gasteiger partial charge in [0.2, 0.25) is 0 Å². The third-order valence-electron chi connectivity index (χ3n) is 3.86. The van der Waals surface area contributed by atoms with Crippen molar-refractivity contribution in [3.8, 4) is 11.5 Å². The molecular weight excluding hydrogens is 298 g/mol. The molecule has 0 atom stereocenters. The second kappa shape index (κ2) is 9.33. The first-order chi connectivity index (χ1) is 11.6. The van der Waals surface area contributed by atoms with Crippen LogP contribution >= 0.6 is 0 Å². The van der Waals surface area contributed by atoms with Crippen molar-refractivity contribution in [2.45, 2.75) is 33.3 Å². The number of nitrogens with zero attached hydrogens (tertiary/aromatic N) is 1. The van der Waals surface area contributed by atoms with Gasteiger partial charge in [-0.15, -0.1) is 0 Å². The van der Waals surface area contributed by atoms with E-state index in [1.165, 1.54) is 16.7 Å². The topological polar surface area (TPSA) is 21.7 Å². The maximum absolute atomic E-state index is 6.00. The number of benzene rings is 2. The zero-order valence-electron chi connectivity index (χ0n) is 15.3. The van der Waals surface area contributed by atoms with E-state index in [1.54, 1.807) is 0 Å². The van der Waals surface area contributed by atoms with Gasteiger partial charge >= 0.3 is 0 Å². The zero-order valence-corrected chi connectivity index (χ0v) is 15.3. The molecule has 0 spiro atoms. The molecule has 2 rings (SSSR count). The van der Waals surface area contributed by atoms with E-state index in [2.05, 4.69) is 62.3 Å². The summed E-state index contributed by atoms with van der Waals surface area (Å²) < 4.78 is 11.8. The van der Waals surface area contributed by atoms with E-state index < -0.39 is 0 Å². The van der Waals surface area contributed by atoms with Crippen molar-refractivity contribution in [2.75, 3.05) is 27.2 Å². The Kier molecular flexibility index (Phi) is 7.13. The van der Waals surface area contributed by atoms with Crippen LogP contribution in [0.25, 0.3) is 0 Å². The molecule has 2 aromatic carbocycles. The Morgan fingerprint density at radius 3 is 2.46 bits per heavy atom. The summed E-state index contributed by atoms with van der Waals surface area (Å²) in [7, 11) is 4.21. The predicted molar refractivity (Wildman–Crippen MR) is 100.0 cm³/mol. The molecule has 0 aliphatic carbocycles. The van der Waals surface area contributed by atoms with Gasteiger partial charge in [0.25, 0.3) is 0 Å². The average molecular weight is 327 g/mol. The Bertz CT molecular complexity index is 637. The summed E-state index contributed by atoms with van der Waals surface area (Å²) in [6.07, 6.45) is 2.19. The van der Waals surface area contributed by atoms with Crippen molar-refractivity contribution in [1.82, 2.24) is 4.90 Å². The Morgan fingerprint density at radius 2 is 1.75 bits per heavy atom. The molecule has 0 fully saturated rings. The minimum Gasteiger partial charge on any atom is -0.490 e. The first-order valence-electron chi connectivity index (χ1n) is 8.67. The van der Waals surface area contributed by atoms with E-state index in [9.17, 15) is 0 Å². The largest absolute Gasteiger partial charge is 0.490 e. The third-order valence-corrected chi connectivity index (χ3v) is 3.86. The van der Waals surface area contributed by atoms with Crippen molar-refractivity contribution in [3.05, 3.63) is 59.2 Å². The Labute approximate surface area is 146 Å². The molecule has 0 amide bonds. The number of ether oxygens (including phenoxy) is 2. The minimum absolute atomic E-state index is 0.557. The zero-order chi connectivity index (χ0) is 17.4. The number of hydrogen-bond donors (Lipinski definition) is 0.